The van der Waals surface area contributed by atoms with Gasteiger partial charge in [0.05, 0.1) is 16.6 Å². The van der Waals surface area contributed by atoms with Gasteiger partial charge in [0.15, 0.2) is 5.16 Å². The molecule has 8 heteroatoms. The van der Waals surface area contributed by atoms with E-state index in [1.807, 2.05) is 41.7 Å². The molecule has 0 radical (unpaired) electrons. The van der Waals surface area contributed by atoms with E-state index >= 15 is 0 Å². The van der Waals surface area contributed by atoms with Crippen LogP contribution >= 0.6 is 11.8 Å². The summed E-state index contributed by atoms with van der Waals surface area (Å²) < 4.78 is 9.42. The molecular formula is C24H23N5O2S. The van der Waals surface area contributed by atoms with Crippen LogP contribution in [0.2, 0.25) is 0 Å². The average Bonchev–Trinajstić information content (AvgIpc) is 3.42. The first-order valence-corrected chi connectivity index (χ1v) is 11.6. The first-order chi connectivity index (χ1) is 15.6. The van der Waals surface area contributed by atoms with E-state index in [4.69, 9.17) is 4.42 Å². The van der Waals surface area contributed by atoms with E-state index in [0.717, 1.165) is 33.9 Å². The van der Waals surface area contributed by atoms with E-state index in [2.05, 4.69) is 41.2 Å². The van der Waals surface area contributed by atoms with Gasteiger partial charge in [0, 0.05) is 17.9 Å². The summed E-state index contributed by atoms with van der Waals surface area (Å²) in [5.74, 6) is 1.76. The van der Waals surface area contributed by atoms with Crippen LogP contribution < -0.4 is 5.56 Å². The maximum absolute atomic E-state index is 13.0. The third-order valence-electron chi connectivity index (χ3n) is 5.44. The second-order valence-corrected chi connectivity index (χ2v) is 8.79. The van der Waals surface area contributed by atoms with Crippen molar-refractivity contribution in [2.24, 2.45) is 0 Å². The second kappa shape index (κ2) is 8.27. The number of para-hydroxylation sites is 1. The average molecular weight is 446 g/mol. The Morgan fingerprint density at radius 2 is 1.94 bits per heavy atom. The van der Waals surface area contributed by atoms with Crippen molar-refractivity contribution in [3.05, 3.63) is 75.9 Å². The van der Waals surface area contributed by atoms with Crippen molar-refractivity contribution in [2.75, 3.05) is 0 Å². The molecule has 162 valence electrons. The summed E-state index contributed by atoms with van der Waals surface area (Å²) in [6.45, 7) is 6.77. The third-order valence-corrected chi connectivity index (χ3v) is 6.40. The Hall–Kier alpha value is -3.39. The third kappa shape index (κ3) is 3.50. The topological polar surface area (TPSA) is 78.2 Å². The SMILES string of the molecule is CCCn1c(=O)c2ccccc2n2c(SCc3coc(-c4ccc(C)cc4C)n3)nnc12. The van der Waals surface area contributed by atoms with Crippen LogP contribution in [0.3, 0.4) is 0 Å². The summed E-state index contributed by atoms with van der Waals surface area (Å²) in [5.41, 5.74) is 4.94. The molecule has 3 heterocycles. The van der Waals surface area contributed by atoms with Crippen LogP contribution in [0.1, 0.15) is 30.2 Å². The molecule has 7 nitrogen and oxygen atoms in total. The number of aromatic nitrogens is 5. The zero-order chi connectivity index (χ0) is 22.2. The molecule has 3 aromatic heterocycles. The molecule has 0 aliphatic rings. The summed E-state index contributed by atoms with van der Waals surface area (Å²) in [5, 5.41) is 10.1. The molecule has 0 unspecified atom stereocenters. The number of oxazole rings is 1. The summed E-state index contributed by atoms with van der Waals surface area (Å²) in [6.07, 6.45) is 2.53. The molecule has 0 atom stereocenters. The number of fused-ring (bicyclic) bond motifs is 3. The van der Waals surface area contributed by atoms with Gasteiger partial charge in [0.1, 0.15) is 6.26 Å². The highest BCUT2D eigenvalue weighted by Crippen LogP contribution is 2.28. The van der Waals surface area contributed by atoms with Crippen molar-refractivity contribution in [2.45, 2.75) is 44.6 Å². The highest BCUT2D eigenvalue weighted by Gasteiger charge is 2.17. The Bertz CT molecular complexity index is 1500. The number of aryl methyl sites for hydroxylation is 3. The lowest BCUT2D eigenvalue weighted by Gasteiger charge is -2.10. The zero-order valence-electron chi connectivity index (χ0n) is 18.2. The molecule has 5 aromatic rings. The van der Waals surface area contributed by atoms with Crippen molar-refractivity contribution in [3.63, 3.8) is 0 Å². The molecule has 0 spiro atoms. The Morgan fingerprint density at radius 1 is 1.09 bits per heavy atom. The highest BCUT2D eigenvalue weighted by atomic mass is 32.2. The lowest BCUT2D eigenvalue weighted by atomic mass is 10.1. The minimum absolute atomic E-state index is 0.0338. The lowest BCUT2D eigenvalue weighted by Crippen LogP contribution is -2.23. The van der Waals surface area contributed by atoms with E-state index < -0.39 is 0 Å². The molecule has 32 heavy (non-hydrogen) atoms. The van der Waals surface area contributed by atoms with Gasteiger partial charge in [-0.1, -0.05) is 48.5 Å². The van der Waals surface area contributed by atoms with E-state index in [-0.39, 0.29) is 5.56 Å². The lowest BCUT2D eigenvalue weighted by molar-refractivity contribution is 0.573. The van der Waals surface area contributed by atoms with Crippen molar-refractivity contribution >= 4 is 28.4 Å². The molecule has 0 fully saturated rings. The summed E-state index contributed by atoms with van der Waals surface area (Å²) in [6, 6.07) is 13.8. The molecule has 0 N–H and O–H groups in total. The van der Waals surface area contributed by atoms with E-state index in [1.54, 1.807) is 10.8 Å². The van der Waals surface area contributed by atoms with Gasteiger partial charge in [0.2, 0.25) is 11.7 Å². The first kappa shape index (κ1) is 20.5. The van der Waals surface area contributed by atoms with Crippen LogP contribution in [0, 0.1) is 13.8 Å². The fraction of sp³-hybridized carbons (Fsp3) is 0.250. The molecule has 0 aliphatic heterocycles. The van der Waals surface area contributed by atoms with Crippen molar-refractivity contribution in [3.8, 4) is 11.5 Å². The number of hydrogen-bond acceptors (Lipinski definition) is 6. The van der Waals surface area contributed by atoms with Gasteiger partial charge in [-0.2, -0.15) is 0 Å². The Morgan fingerprint density at radius 3 is 2.75 bits per heavy atom. The van der Waals surface area contributed by atoms with Gasteiger partial charge in [-0.15, -0.1) is 10.2 Å². The maximum atomic E-state index is 13.0. The van der Waals surface area contributed by atoms with E-state index in [9.17, 15) is 4.79 Å². The molecule has 5 rings (SSSR count). The van der Waals surface area contributed by atoms with Gasteiger partial charge in [-0.05, 0) is 44.0 Å². The standard InChI is InChI=1S/C24H23N5O2S/c1-4-11-28-22(30)19-7-5-6-8-20(19)29-23(28)26-27-24(29)32-14-17-13-31-21(25-17)18-10-9-15(2)12-16(18)3/h5-10,12-13H,4,11,14H2,1-3H3. The van der Waals surface area contributed by atoms with E-state index in [1.165, 1.54) is 17.3 Å². The molecule has 0 saturated carbocycles. The van der Waals surface area contributed by atoms with Gasteiger partial charge in [0.25, 0.3) is 5.56 Å². The van der Waals surface area contributed by atoms with Gasteiger partial charge >= 0.3 is 0 Å². The molecule has 0 saturated heterocycles. The predicted molar refractivity (Wildman–Crippen MR) is 126 cm³/mol. The smallest absolute Gasteiger partial charge is 0.262 e. The quantitative estimate of drug-likeness (QED) is 0.342. The van der Waals surface area contributed by atoms with E-state index in [0.29, 0.717) is 29.4 Å². The molecule has 0 amide bonds. The summed E-state index contributed by atoms with van der Waals surface area (Å²) in [7, 11) is 0. The number of nitrogens with zero attached hydrogens (tertiary/aromatic N) is 5. The fourth-order valence-corrected chi connectivity index (χ4v) is 4.76. The summed E-state index contributed by atoms with van der Waals surface area (Å²) >= 11 is 1.52. The number of hydrogen-bond donors (Lipinski definition) is 0. The first-order valence-electron chi connectivity index (χ1n) is 10.6. The summed E-state index contributed by atoms with van der Waals surface area (Å²) in [4.78, 5) is 17.6. The number of rotatable bonds is 6. The molecule has 2 aromatic carbocycles. The van der Waals surface area contributed by atoms with Crippen LogP contribution in [-0.4, -0.2) is 24.1 Å². The highest BCUT2D eigenvalue weighted by molar-refractivity contribution is 7.98. The Kier molecular flexibility index (Phi) is 5.30. The molecule has 0 aliphatic carbocycles. The molecule has 0 bridgehead atoms. The Balaban J connectivity index is 1.49. The van der Waals surface area contributed by atoms with Crippen LogP contribution in [0.4, 0.5) is 0 Å². The van der Waals surface area contributed by atoms with Crippen LogP contribution in [-0.2, 0) is 12.3 Å². The number of thioether (sulfide) groups is 1. The fourth-order valence-electron chi connectivity index (χ4n) is 3.94. The minimum Gasteiger partial charge on any atom is -0.444 e. The predicted octanol–water partition coefficient (Wildman–Crippen LogP) is 5.02. The Labute approximate surface area is 189 Å². The normalized spacial score (nSPS) is 11.6. The van der Waals surface area contributed by atoms with Gasteiger partial charge < -0.3 is 4.42 Å². The maximum Gasteiger partial charge on any atom is 0.262 e. The molecular weight excluding hydrogens is 422 g/mol. The van der Waals surface area contributed by atoms with Crippen LogP contribution in [0.25, 0.3) is 28.1 Å². The van der Waals surface area contributed by atoms with Crippen molar-refractivity contribution in [1.82, 2.24) is 24.1 Å². The largest absolute Gasteiger partial charge is 0.444 e. The van der Waals surface area contributed by atoms with Crippen molar-refractivity contribution < 1.29 is 4.42 Å². The zero-order valence-corrected chi connectivity index (χ0v) is 19.0. The van der Waals surface area contributed by atoms with Crippen LogP contribution in [0.15, 0.2) is 63.1 Å². The van der Waals surface area contributed by atoms with Crippen LogP contribution in [0.5, 0.6) is 0 Å². The van der Waals surface area contributed by atoms with Gasteiger partial charge in [-0.25, -0.2) is 4.98 Å². The van der Waals surface area contributed by atoms with Crippen molar-refractivity contribution in [1.29, 1.82) is 0 Å². The number of benzene rings is 2. The second-order valence-electron chi connectivity index (χ2n) is 7.84. The monoisotopic (exact) mass is 445 g/mol. The minimum atomic E-state index is -0.0338. The van der Waals surface area contributed by atoms with Gasteiger partial charge in [-0.3, -0.25) is 13.8 Å².